The summed E-state index contributed by atoms with van der Waals surface area (Å²) in [5.41, 5.74) is 14.7. The summed E-state index contributed by atoms with van der Waals surface area (Å²) in [5.74, 6) is -0.631. The van der Waals surface area contributed by atoms with E-state index in [1.54, 1.807) is 0 Å². The molecule has 2 amide bonds. The average Bonchev–Trinajstić information content (AvgIpc) is 3.18. The van der Waals surface area contributed by atoms with Gasteiger partial charge in [0.05, 0.1) is 0 Å². The highest BCUT2D eigenvalue weighted by molar-refractivity contribution is 6.11. The fourth-order valence-corrected chi connectivity index (χ4v) is 3.18. The highest BCUT2D eigenvalue weighted by Crippen LogP contribution is 2.38. The topological polar surface area (TPSA) is 126 Å². The van der Waals surface area contributed by atoms with Gasteiger partial charge in [-0.3, -0.25) is 9.59 Å². The molecule has 0 unspecified atom stereocenters. The highest BCUT2D eigenvalue weighted by Gasteiger charge is 2.27. The standard InChI is InChI=1S/C22H25N5O2/c23-11-13-25-21(28)19-17(15-7-3-1-4-8-15)18(16-9-5-2-6-10-16)20(27-19)22(29)26-14-12-24/h1-10,27H,11-14,23-24H2,(H,25,28)(H,26,29). The molecule has 7 N–H and O–H groups in total. The summed E-state index contributed by atoms with van der Waals surface area (Å²) in [6.07, 6.45) is 0. The van der Waals surface area contributed by atoms with Gasteiger partial charge in [0.2, 0.25) is 0 Å². The molecule has 0 bridgehead atoms. The van der Waals surface area contributed by atoms with Gasteiger partial charge in [-0.05, 0) is 11.1 Å². The lowest BCUT2D eigenvalue weighted by Gasteiger charge is -2.10. The third kappa shape index (κ3) is 4.53. The lowest BCUT2D eigenvalue weighted by molar-refractivity contribution is 0.0949. The minimum absolute atomic E-state index is 0.315. The van der Waals surface area contributed by atoms with Crippen LogP contribution in [-0.4, -0.2) is 43.0 Å². The molecule has 0 fully saturated rings. The molecule has 0 atom stereocenters. The van der Waals surface area contributed by atoms with Gasteiger partial charge in [-0.1, -0.05) is 60.7 Å². The molecule has 0 spiro atoms. The fourth-order valence-electron chi connectivity index (χ4n) is 3.18. The van der Waals surface area contributed by atoms with E-state index < -0.39 is 0 Å². The molecule has 0 radical (unpaired) electrons. The van der Waals surface area contributed by atoms with Crippen molar-refractivity contribution in [1.82, 2.24) is 15.6 Å². The van der Waals surface area contributed by atoms with Gasteiger partial charge < -0.3 is 27.1 Å². The van der Waals surface area contributed by atoms with Gasteiger partial charge in [0.15, 0.2) is 0 Å². The van der Waals surface area contributed by atoms with Crippen molar-refractivity contribution in [2.45, 2.75) is 0 Å². The summed E-state index contributed by atoms with van der Waals surface area (Å²) in [7, 11) is 0. The van der Waals surface area contributed by atoms with Gasteiger partial charge in [0.1, 0.15) is 11.4 Å². The zero-order chi connectivity index (χ0) is 20.6. The molecule has 150 valence electrons. The van der Waals surface area contributed by atoms with E-state index in [-0.39, 0.29) is 11.8 Å². The number of nitrogens with two attached hydrogens (primary N) is 2. The zero-order valence-electron chi connectivity index (χ0n) is 16.1. The number of hydrogen-bond acceptors (Lipinski definition) is 4. The Morgan fingerprint density at radius 1 is 0.690 bits per heavy atom. The number of aromatic amines is 1. The van der Waals surface area contributed by atoms with E-state index in [9.17, 15) is 9.59 Å². The Morgan fingerprint density at radius 2 is 1.07 bits per heavy atom. The van der Waals surface area contributed by atoms with Crippen LogP contribution in [0.3, 0.4) is 0 Å². The number of hydrogen-bond donors (Lipinski definition) is 5. The van der Waals surface area contributed by atoms with Crippen molar-refractivity contribution in [1.29, 1.82) is 0 Å². The molecule has 29 heavy (non-hydrogen) atoms. The predicted molar refractivity (Wildman–Crippen MR) is 114 cm³/mol. The summed E-state index contributed by atoms with van der Waals surface area (Å²) in [4.78, 5) is 28.8. The largest absolute Gasteiger partial charge is 0.349 e. The first kappa shape index (κ1) is 20.3. The van der Waals surface area contributed by atoms with Crippen molar-refractivity contribution in [2.75, 3.05) is 26.2 Å². The number of nitrogens with one attached hydrogen (secondary N) is 3. The maximum Gasteiger partial charge on any atom is 0.268 e. The Morgan fingerprint density at radius 3 is 1.41 bits per heavy atom. The molecule has 0 aliphatic carbocycles. The molecule has 7 heteroatoms. The predicted octanol–water partition coefficient (Wildman–Crippen LogP) is 1.73. The fraction of sp³-hybridized carbons (Fsp3) is 0.182. The van der Waals surface area contributed by atoms with Crippen LogP contribution in [0.2, 0.25) is 0 Å². The van der Waals surface area contributed by atoms with Crippen LogP contribution in [0.4, 0.5) is 0 Å². The van der Waals surface area contributed by atoms with Crippen LogP contribution in [0.1, 0.15) is 21.0 Å². The van der Waals surface area contributed by atoms with E-state index in [0.29, 0.717) is 48.7 Å². The van der Waals surface area contributed by atoms with Crippen molar-refractivity contribution in [3.8, 4) is 22.3 Å². The molecule has 1 aromatic heterocycles. The normalized spacial score (nSPS) is 10.6. The Balaban J connectivity index is 2.24. The maximum absolute atomic E-state index is 12.9. The third-order valence-electron chi connectivity index (χ3n) is 4.44. The van der Waals surface area contributed by atoms with Crippen LogP contribution in [0, 0.1) is 0 Å². The molecule has 0 saturated carbocycles. The molecule has 3 aromatic rings. The van der Waals surface area contributed by atoms with E-state index in [1.165, 1.54) is 0 Å². The summed E-state index contributed by atoms with van der Waals surface area (Å²) < 4.78 is 0. The first-order valence-electron chi connectivity index (χ1n) is 9.50. The first-order chi connectivity index (χ1) is 14.2. The number of rotatable bonds is 8. The van der Waals surface area contributed by atoms with E-state index in [0.717, 1.165) is 11.1 Å². The van der Waals surface area contributed by atoms with Crippen LogP contribution in [0.5, 0.6) is 0 Å². The smallest absolute Gasteiger partial charge is 0.268 e. The third-order valence-corrected chi connectivity index (χ3v) is 4.44. The summed E-state index contributed by atoms with van der Waals surface area (Å²) in [6.45, 7) is 1.31. The van der Waals surface area contributed by atoms with Gasteiger partial charge in [0, 0.05) is 37.3 Å². The second kappa shape index (κ2) is 9.68. The number of amides is 2. The molecule has 7 nitrogen and oxygen atoms in total. The van der Waals surface area contributed by atoms with Gasteiger partial charge in [0.25, 0.3) is 11.8 Å². The molecule has 0 aliphatic heterocycles. The van der Waals surface area contributed by atoms with Crippen molar-refractivity contribution in [3.63, 3.8) is 0 Å². The van der Waals surface area contributed by atoms with Crippen molar-refractivity contribution >= 4 is 11.8 Å². The molecule has 1 heterocycles. The summed E-state index contributed by atoms with van der Waals surface area (Å²) in [5, 5.41) is 5.57. The molecule has 0 saturated heterocycles. The number of aromatic nitrogens is 1. The van der Waals surface area contributed by atoms with Crippen molar-refractivity contribution < 1.29 is 9.59 Å². The quantitative estimate of drug-likeness (QED) is 0.401. The molecular formula is C22H25N5O2. The Hall–Kier alpha value is -3.42. The Labute approximate surface area is 169 Å². The van der Waals surface area contributed by atoms with Crippen LogP contribution in [0.25, 0.3) is 22.3 Å². The first-order valence-corrected chi connectivity index (χ1v) is 9.50. The van der Waals surface area contributed by atoms with Crippen LogP contribution in [0.15, 0.2) is 60.7 Å². The summed E-state index contributed by atoms with van der Waals surface area (Å²) in [6, 6.07) is 19.0. The SMILES string of the molecule is NCCNC(=O)c1[nH]c(C(=O)NCCN)c(-c2ccccc2)c1-c1ccccc1. The molecule has 2 aromatic carbocycles. The highest BCUT2D eigenvalue weighted by atomic mass is 16.2. The van der Waals surface area contributed by atoms with E-state index in [1.807, 2.05) is 60.7 Å². The Kier molecular flexibility index (Phi) is 6.78. The van der Waals surface area contributed by atoms with Gasteiger partial charge in [-0.15, -0.1) is 0 Å². The second-order valence-electron chi connectivity index (χ2n) is 6.45. The monoisotopic (exact) mass is 391 g/mol. The van der Waals surface area contributed by atoms with Crippen LogP contribution >= 0.6 is 0 Å². The lowest BCUT2D eigenvalue weighted by Crippen LogP contribution is -2.30. The second-order valence-corrected chi connectivity index (χ2v) is 6.45. The van der Waals surface area contributed by atoms with Crippen molar-refractivity contribution in [2.24, 2.45) is 11.5 Å². The minimum atomic E-state index is -0.315. The lowest BCUT2D eigenvalue weighted by atomic mass is 9.94. The maximum atomic E-state index is 12.9. The van der Waals surface area contributed by atoms with Crippen molar-refractivity contribution in [3.05, 3.63) is 72.1 Å². The number of H-pyrrole nitrogens is 1. The molecule has 0 aliphatic rings. The van der Waals surface area contributed by atoms with Crippen LogP contribution in [-0.2, 0) is 0 Å². The minimum Gasteiger partial charge on any atom is -0.349 e. The molecular weight excluding hydrogens is 366 g/mol. The van der Waals surface area contributed by atoms with E-state index >= 15 is 0 Å². The van der Waals surface area contributed by atoms with E-state index in [4.69, 9.17) is 11.5 Å². The average molecular weight is 391 g/mol. The number of carbonyl (C=O) groups excluding carboxylic acids is 2. The number of carbonyl (C=O) groups is 2. The summed E-state index contributed by atoms with van der Waals surface area (Å²) >= 11 is 0. The van der Waals surface area contributed by atoms with Gasteiger partial charge >= 0.3 is 0 Å². The van der Waals surface area contributed by atoms with E-state index in [2.05, 4.69) is 15.6 Å². The number of benzene rings is 2. The zero-order valence-corrected chi connectivity index (χ0v) is 16.1. The van der Waals surface area contributed by atoms with Gasteiger partial charge in [-0.2, -0.15) is 0 Å². The van der Waals surface area contributed by atoms with Gasteiger partial charge in [-0.25, -0.2) is 0 Å². The Bertz CT molecular complexity index is 890. The molecule has 3 rings (SSSR count). The van der Waals surface area contributed by atoms with Crippen LogP contribution < -0.4 is 22.1 Å².